The molecular weight excluding hydrogens is 279 g/mol. The maximum absolute atomic E-state index is 12.9. The van der Waals surface area contributed by atoms with Gasteiger partial charge in [-0.05, 0) is 49.7 Å². The van der Waals surface area contributed by atoms with Crippen LogP contribution in [0.4, 0.5) is 4.39 Å². The van der Waals surface area contributed by atoms with Crippen molar-refractivity contribution in [3.8, 4) is 11.3 Å². The standard InChI is InChI=1S/C18H21FN2O/c1-3-5-12-21(4-2)18(22)15-8-11-17(20-13-15)14-6-9-16(19)10-7-14/h6-11,13H,3-5,12H2,1-2H3. The molecule has 4 heteroatoms. The Labute approximate surface area is 130 Å². The number of aromatic nitrogens is 1. The van der Waals surface area contributed by atoms with E-state index in [0.29, 0.717) is 12.1 Å². The van der Waals surface area contributed by atoms with Gasteiger partial charge >= 0.3 is 0 Å². The molecule has 0 unspecified atom stereocenters. The fourth-order valence-corrected chi connectivity index (χ4v) is 2.25. The number of halogens is 1. The van der Waals surface area contributed by atoms with Crippen LogP contribution in [0, 0.1) is 5.82 Å². The number of rotatable bonds is 6. The molecule has 1 aromatic carbocycles. The predicted octanol–water partition coefficient (Wildman–Crippen LogP) is 4.15. The van der Waals surface area contributed by atoms with Crippen LogP contribution in [-0.4, -0.2) is 28.9 Å². The maximum Gasteiger partial charge on any atom is 0.255 e. The molecule has 0 fully saturated rings. The van der Waals surface area contributed by atoms with Crippen molar-refractivity contribution < 1.29 is 9.18 Å². The molecule has 2 aromatic rings. The molecule has 0 bridgehead atoms. The molecule has 3 nitrogen and oxygen atoms in total. The molecule has 1 aromatic heterocycles. The van der Waals surface area contributed by atoms with Crippen LogP contribution in [0.15, 0.2) is 42.6 Å². The highest BCUT2D eigenvalue weighted by Gasteiger charge is 2.14. The maximum atomic E-state index is 12.9. The highest BCUT2D eigenvalue weighted by atomic mass is 19.1. The van der Waals surface area contributed by atoms with Crippen LogP contribution in [0.5, 0.6) is 0 Å². The van der Waals surface area contributed by atoms with Gasteiger partial charge in [-0.1, -0.05) is 13.3 Å². The highest BCUT2D eigenvalue weighted by molar-refractivity contribution is 5.94. The molecular formula is C18H21FN2O. The third-order valence-electron chi connectivity index (χ3n) is 3.60. The van der Waals surface area contributed by atoms with Crippen LogP contribution in [-0.2, 0) is 0 Å². The third kappa shape index (κ3) is 3.91. The highest BCUT2D eigenvalue weighted by Crippen LogP contribution is 2.18. The number of nitrogens with zero attached hydrogens (tertiary/aromatic N) is 2. The van der Waals surface area contributed by atoms with E-state index in [1.165, 1.54) is 12.1 Å². The Balaban J connectivity index is 2.13. The largest absolute Gasteiger partial charge is 0.339 e. The lowest BCUT2D eigenvalue weighted by molar-refractivity contribution is 0.0762. The van der Waals surface area contributed by atoms with Gasteiger partial charge < -0.3 is 4.90 Å². The number of carbonyl (C=O) groups is 1. The minimum atomic E-state index is -0.273. The van der Waals surface area contributed by atoms with Crippen molar-refractivity contribution in [1.82, 2.24) is 9.88 Å². The molecule has 0 aliphatic rings. The van der Waals surface area contributed by atoms with E-state index in [0.717, 1.165) is 30.6 Å². The lowest BCUT2D eigenvalue weighted by Crippen LogP contribution is -2.31. The van der Waals surface area contributed by atoms with Gasteiger partial charge in [0, 0.05) is 24.8 Å². The Hall–Kier alpha value is -2.23. The molecule has 1 heterocycles. The number of unbranched alkanes of at least 4 members (excludes halogenated alkanes) is 1. The Bertz CT molecular complexity index is 608. The monoisotopic (exact) mass is 300 g/mol. The molecule has 0 spiro atoms. The van der Waals surface area contributed by atoms with Crippen molar-refractivity contribution in [3.05, 3.63) is 54.0 Å². The molecule has 0 saturated heterocycles. The van der Waals surface area contributed by atoms with E-state index in [1.807, 2.05) is 11.8 Å². The minimum Gasteiger partial charge on any atom is -0.339 e. The van der Waals surface area contributed by atoms with Crippen LogP contribution >= 0.6 is 0 Å². The molecule has 0 N–H and O–H groups in total. The van der Waals surface area contributed by atoms with Crippen LogP contribution in [0.3, 0.4) is 0 Å². The first-order valence-electron chi connectivity index (χ1n) is 7.67. The second-order valence-electron chi connectivity index (χ2n) is 5.18. The summed E-state index contributed by atoms with van der Waals surface area (Å²) in [5, 5.41) is 0. The number of carbonyl (C=O) groups excluding carboxylic acids is 1. The van der Waals surface area contributed by atoms with E-state index in [1.54, 1.807) is 30.5 Å². The zero-order chi connectivity index (χ0) is 15.9. The molecule has 22 heavy (non-hydrogen) atoms. The summed E-state index contributed by atoms with van der Waals surface area (Å²) in [6.07, 6.45) is 3.65. The van der Waals surface area contributed by atoms with E-state index >= 15 is 0 Å². The van der Waals surface area contributed by atoms with Gasteiger partial charge in [0.2, 0.25) is 0 Å². The Morgan fingerprint density at radius 2 is 1.86 bits per heavy atom. The summed E-state index contributed by atoms with van der Waals surface area (Å²) >= 11 is 0. The number of benzene rings is 1. The van der Waals surface area contributed by atoms with Gasteiger partial charge in [-0.2, -0.15) is 0 Å². The molecule has 0 radical (unpaired) electrons. The van der Waals surface area contributed by atoms with Crippen LogP contribution < -0.4 is 0 Å². The first kappa shape index (κ1) is 16.1. The number of pyridine rings is 1. The second-order valence-corrected chi connectivity index (χ2v) is 5.18. The quantitative estimate of drug-likeness (QED) is 0.803. The topological polar surface area (TPSA) is 33.2 Å². The van der Waals surface area contributed by atoms with Crippen molar-refractivity contribution in [2.45, 2.75) is 26.7 Å². The van der Waals surface area contributed by atoms with Crippen molar-refractivity contribution in [2.75, 3.05) is 13.1 Å². The van der Waals surface area contributed by atoms with Crippen molar-refractivity contribution >= 4 is 5.91 Å². The average Bonchev–Trinajstić information content (AvgIpc) is 2.56. The summed E-state index contributed by atoms with van der Waals surface area (Å²) in [5.74, 6) is -0.265. The van der Waals surface area contributed by atoms with Gasteiger partial charge in [-0.3, -0.25) is 9.78 Å². The lowest BCUT2D eigenvalue weighted by atomic mass is 10.1. The third-order valence-corrected chi connectivity index (χ3v) is 3.60. The van der Waals surface area contributed by atoms with Crippen molar-refractivity contribution in [3.63, 3.8) is 0 Å². The minimum absolute atomic E-state index is 0.00843. The fraction of sp³-hybridized carbons (Fsp3) is 0.333. The molecule has 1 amide bonds. The molecule has 0 aliphatic heterocycles. The Kier molecular flexibility index (Phi) is 5.64. The van der Waals surface area contributed by atoms with Gasteiger partial charge in [0.15, 0.2) is 0 Å². The van der Waals surface area contributed by atoms with Gasteiger partial charge in [0.1, 0.15) is 5.82 Å². The van der Waals surface area contributed by atoms with E-state index < -0.39 is 0 Å². The normalized spacial score (nSPS) is 10.5. The van der Waals surface area contributed by atoms with Gasteiger partial charge in [0.05, 0.1) is 11.3 Å². The SMILES string of the molecule is CCCCN(CC)C(=O)c1ccc(-c2ccc(F)cc2)nc1. The van der Waals surface area contributed by atoms with E-state index in [9.17, 15) is 9.18 Å². The van der Waals surface area contributed by atoms with E-state index in [-0.39, 0.29) is 11.7 Å². The summed E-state index contributed by atoms with van der Waals surface area (Å²) in [7, 11) is 0. The summed E-state index contributed by atoms with van der Waals surface area (Å²) in [6.45, 7) is 5.55. The van der Waals surface area contributed by atoms with Gasteiger partial charge in [-0.15, -0.1) is 0 Å². The fourth-order valence-electron chi connectivity index (χ4n) is 2.25. The number of hydrogen-bond donors (Lipinski definition) is 0. The van der Waals surface area contributed by atoms with Gasteiger partial charge in [-0.25, -0.2) is 4.39 Å². The van der Waals surface area contributed by atoms with Crippen LogP contribution in [0.25, 0.3) is 11.3 Å². The van der Waals surface area contributed by atoms with Crippen LogP contribution in [0.1, 0.15) is 37.0 Å². The molecule has 116 valence electrons. The Morgan fingerprint density at radius 3 is 2.41 bits per heavy atom. The van der Waals surface area contributed by atoms with Crippen molar-refractivity contribution in [1.29, 1.82) is 0 Å². The first-order chi connectivity index (χ1) is 10.7. The zero-order valence-corrected chi connectivity index (χ0v) is 13.1. The number of hydrogen-bond acceptors (Lipinski definition) is 2. The number of amides is 1. The Morgan fingerprint density at radius 1 is 1.14 bits per heavy atom. The molecule has 0 saturated carbocycles. The van der Waals surface area contributed by atoms with E-state index in [2.05, 4.69) is 11.9 Å². The summed E-state index contributed by atoms with van der Waals surface area (Å²) in [5.41, 5.74) is 2.15. The van der Waals surface area contributed by atoms with Gasteiger partial charge in [0.25, 0.3) is 5.91 Å². The molecule has 0 atom stereocenters. The summed E-state index contributed by atoms with van der Waals surface area (Å²) in [4.78, 5) is 18.6. The summed E-state index contributed by atoms with van der Waals surface area (Å²) in [6, 6.07) is 9.74. The first-order valence-corrected chi connectivity index (χ1v) is 7.67. The smallest absolute Gasteiger partial charge is 0.255 e. The lowest BCUT2D eigenvalue weighted by Gasteiger charge is -2.20. The summed E-state index contributed by atoms with van der Waals surface area (Å²) < 4.78 is 12.9. The van der Waals surface area contributed by atoms with Crippen molar-refractivity contribution in [2.24, 2.45) is 0 Å². The van der Waals surface area contributed by atoms with E-state index in [4.69, 9.17) is 0 Å². The molecule has 0 aliphatic carbocycles. The zero-order valence-electron chi connectivity index (χ0n) is 13.1. The second kappa shape index (κ2) is 7.69. The average molecular weight is 300 g/mol. The molecule has 2 rings (SSSR count). The van der Waals surface area contributed by atoms with Crippen LogP contribution in [0.2, 0.25) is 0 Å². The predicted molar refractivity (Wildman–Crippen MR) is 86.1 cm³/mol.